The summed E-state index contributed by atoms with van der Waals surface area (Å²) in [5.41, 5.74) is -0.297. The Bertz CT molecular complexity index is 558. The summed E-state index contributed by atoms with van der Waals surface area (Å²) in [6.45, 7) is 1.77. The maximum atomic E-state index is 11.1. The van der Waals surface area contributed by atoms with Crippen molar-refractivity contribution in [3.63, 3.8) is 0 Å². The SMILES string of the molecule is COC(OC)C1(C)Oc2c(cccc2[N+](=O)[O-])C2OC21. The summed E-state index contributed by atoms with van der Waals surface area (Å²) in [6.07, 6.45) is -1.12. The number of ether oxygens (including phenoxy) is 4. The molecule has 2 aliphatic rings. The van der Waals surface area contributed by atoms with Gasteiger partial charge in [0, 0.05) is 25.8 Å². The minimum atomic E-state index is -0.923. The number of nitrogens with zero attached hydrogens (tertiary/aromatic N) is 1. The number of benzene rings is 1. The van der Waals surface area contributed by atoms with Gasteiger partial charge < -0.3 is 18.9 Å². The molecule has 7 nitrogen and oxygen atoms in total. The molecule has 1 aromatic carbocycles. The van der Waals surface area contributed by atoms with Gasteiger partial charge in [0.2, 0.25) is 5.75 Å². The molecule has 3 atom stereocenters. The van der Waals surface area contributed by atoms with Crippen LogP contribution in [0.3, 0.4) is 0 Å². The van der Waals surface area contributed by atoms with Gasteiger partial charge in [-0.3, -0.25) is 10.1 Å². The summed E-state index contributed by atoms with van der Waals surface area (Å²) in [6, 6.07) is 4.82. The van der Waals surface area contributed by atoms with Crippen molar-refractivity contribution in [3.8, 4) is 5.75 Å². The summed E-state index contributed by atoms with van der Waals surface area (Å²) in [4.78, 5) is 10.7. The fourth-order valence-electron chi connectivity index (χ4n) is 2.83. The number of nitro benzene ring substituents is 1. The van der Waals surface area contributed by atoms with Crippen LogP contribution in [0.15, 0.2) is 18.2 Å². The van der Waals surface area contributed by atoms with Crippen LogP contribution in [0.2, 0.25) is 0 Å². The highest BCUT2D eigenvalue weighted by Gasteiger charge is 2.64. The van der Waals surface area contributed by atoms with Crippen molar-refractivity contribution < 1.29 is 23.9 Å². The number of nitro groups is 1. The highest BCUT2D eigenvalue weighted by atomic mass is 16.7. The Morgan fingerprint density at radius 2 is 2.10 bits per heavy atom. The van der Waals surface area contributed by atoms with Crippen molar-refractivity contribution in [1.29, 1.82) is 0 Å². The number of para-hydroxylation sites is 1. The lowest BCUT2D eigenvalue weighted by Gasteiger charge is -2.37. The van der Waals surface area contributed by atoms with E-state index < -0.39 is 16.8 Å². The summed E-state index contributed by atoms with van der Waals surface area (Å²) in [7, 11) is 2.99. The Labute approximate surface area is 115 Å². The van der Waals surface area contributed by atoms with Crippen LogP contribution in [0, 0.1) is 10.1 Å². The topological polar surface area (TPSA) is 83.4 Å². The normalized spacial score (nSPS) is 30.4. The molecule has 3 rings (SSSR count). The second-order valence-electron chi connectivity index (χ2n) is 5.02. The Kier molecular flexibility index (Phi) is 2.93. The second-order valence-corrected chi connectivity index (χ2v) is 5.02. The van der Waals surface area contributed by atoms with Crippen molar-refractivity contribution in [2.45, 2.75) is 31.0 Å². The zero-order chi connectivity index (χ0) is 14.5. The van der Waals surface area contributed by atoms with Gasteiger partial charge in [0.05, 0.1) is 4.92 Å². The first-order chi connectivity index (χ1) is 9.52. The summed E-state index contributed by atoms with van der Waals surface area (Å²) < 4.78 is 22.0. The number of methoxy groups -OCH3 is 2. The first-order valence-electron chi connectivity index (χ1n) is 6.20. The Balaban J connectivity index is 2.06. The van der Waals surface area contributed by atoms with Crippen molar-refractivity contribution in [3.05, 3.63) is 33.9 Å². The highest BCUT2D eigenvalue weighted by Crippen LogP contribution is 2.57. The van der Waals surface area contributed by atoms with E-state index in [4.69, 9.17) is 18.9 Å². The van der Waals surface area contributed by atoms with Crippen LogP contribution in [-0.4, -0.2) is 37.1 Å². The van der Waals surface area contributed by atoms with Gasteiger partial charge in [-0.2, -0.15) is 0 Å². The average molecular weight is 281 g/mol. The van der Waals surface area contributed by atoms with Crippen molar-refractivity contribution in [2.24, 2.45) is 0 Å². The van der Waals surface area contributed by atoms with Crippen LogP contribution in [0.5, 0.6) is 5.75 Å². The Hall–Kier alpha value is -1.70. The van der Waals surface area contributed by atoms with Gasteiger partial charge in [0.1, 0.15) is 12.2 Å². The molecule has 1 aromatic rings. The minimum Gasteiger partial charge on any atom is -0.472 e. The third-order valence-electron chi connectivity index (χ3n) is 3.80. The van der Waals surface area contributed by atoms with Gasteiger partial charge >= 0.3 is 5.69 Å². The molecule has 7 heteroatoms. The Morgan fingerprint density at radius 3 is 2.70 bits per heavy atom. The molecule has 0 aliphatic carbocycles. The fraction of sp³-hybridized carbons (Fsp3) is 0.538. The molecule has 1 fully saturated rings. The molecule has 0 aromatic heterocycles. The maximum absolute atomic E-state index is 11.1. The van der Waals surface area contributed by atoms with E-state index in [0.29, 0.717) is 5.56 Å². The van der Waals surface area contributed by atoms with E-state index in [1.807, 2.05) is 0 Å². The molecular formula is C13H15NO6. The molecule has 0 bridgehead atoms. The Morgan fingerprint density at radius 1 is 1.40 bits per heavy atom. The van der Waals surface area contributed by atoms with Crippen LogP contribution < -0.4 is 4.74 Å². The molecule has 1 saturated heterocycles. The summed E-state index contributed by atoms with van der Waals surface area (Å²) in [5, 5.41) is 11.1. The molecule has 0 amide bonds. The van der Waals surface area contributed by atoms with Gasteiger partial charge in [-0.05, 0) is 6.92 Å². The zero-order valence-electron chi connectivity index (χ0n) is 11.4. The van der Waals surface area contributed by atoms with E-state index in [1.54, 1.807) is 19.1 Å². The first kappa shape index (κ1) is 13.3. The molecule has 0 spiro atoms. The minimum absolute atomic E-state index is 0.0753. The lowest BCUT2D eigenvalue weighted by Crippen LogP contribution is -2.53. The lowest BCUT2D eigenvalue weighted by atomic mass is 9.91. The van der Waals surface area contributed by atoms with Gasteiger partial charge in [0.15, 0.2) is 11.9 Å². The molecule has 3 unspecified atom stereocenters. The van der Waals surface area contributed by atoms with E-state index in [1.165, 1.54) is 20.3 Å². The van der Waals surface area contributed by atoms with E-state index >= 15 is 0 Å². The van der Waals surface area contributed by atoms with Crippen LogP contribution in [0.25, 0.3) is 0 Å². The van der Waals surface area contributed by atoms with Gasteiger partial charge in [0.25, 0.3) is 0 Å². The summed E-state index contributed by atoms with van der Waals surface area (Å²) in [5.74, 6) is 0.234. The van der Waals surface area contributed by atoms with Crippen molar-refractivity contribution in [1.82, 2.24) is 0 Å². The number of epoxide rings is 1. The predicted octanol–water partition coefficient (Wildman–Crippen LogP) is 1.80. The summed E-state index contributed by atoms with van der Waals surface area (Å²) >= 11 is 0. The van der Waals surface area contributed by atoms with Gasteiger partial charge in [-0.25, -0.2) is 0 Å². The van der Waals surface area contributed by atoms with E-state index in [-0.39, 0.29) is 23.6 Å². The third-order valence-corrected chi connectivity index (χ3v) is 3.80. The van der Waals surface area contributed by atoms with Gasteiger partial charge in [-0.1, -0.05) is 12.1 Å². The molecule has 2 aliphatic heterocycles. The lowest BCUT2D eigenvalue weighted by molar-refractivity contribution is -0.386. The van der Waals surface area contributed by atoms with E-state index in [0.717, 1.165) is 0 Å². The molecule has 0 radical (unpaired) electrons. The largest absolute Gasteiger partial charge is 0.472 e. The van der Waals surface area contributed by atoms with Crippen LogP contribution >= 0.6 is 0 Å². The van der Waals surface area contributed by atoms with E-state index in [9.17, 15) is 10.1 Å². The standard InChI is InChI=1S/C13H15NO6/c1-13(12(17-2)18-3)11-10(19-11)7-5-4-6-8(14(15)16)9(7)20-13/h4-6,10-12H,1-3H3. The van der Waals surface area contributed by atoms with Crippen LogP contribution in [0.1, 0.15) is 18.6 Å². The predicted molar refractivity (Wildman–Crippen MR) is 67.5 cm³/mol. The van der Waals surface area contributed by atoms with E-state index in [2.05, 4.69) is 0 Å². The van der Waals surface area contributed by atoms with Crippen molar-refractivity contribution in [2.75, 3.05) is 14.2 Å². The van der Waals surface area contributed by atoms with Crippen molar-refractivity contribution >= 4 is 5.69 Å². The zero-order valence-corrected chi connectivity index (χ0v) is 11.4. The number of hydrogen-bond acceptors (Lipinski definition) is 6. The van der Waals surface area contributed by atoms with Crippen LogP contribution in [0.4, 0.5) is 5.69 Å². The molecular weight excluding hydrogens is 266 g/mol. The highest BCUT2D eigenvalue weighted by molar-refractivity contribution is 5.56. The second kappa shape index (κ2) is 4.41. The molecule has 20 heavy (non-hydrogen) atoms. The third kappa shape index (κ3) is 1.71. The monoisotopic (exact) mass is 281 g/mol. The number of hydrogen-bond donors (Lipinski definition) is 0. The number of rotatable bonds is 4. The number of fused-ring (bicyclic) bond motifs is 3. The average Bonchev–Trinajstić information content (AvgIpc) is 3.20. The smallest absolute Gasteiger partial charge is 0.311 e. The van der Waals surface area contributed by atoms with Gasteiger partial charge in [-0.15, -0.1) is 0 Å². The molecule has 2 heterocycles. The molecule has 108 valence electrons. The molecule has 0 saturated carbocycles. The molecule has 0 N–H and O–H groups in total. The maximum Gasteiger partial charge on any atom is 0.311 e. The quantitative estimate of drug-likeness (QED) is 0.362. The van der Waals surface area contributed by atoms with Crippen LogP contribution in [-0.2, 0) is 14.2 Å². The fourth-order valence-corrected chi connectivity index (χ4v) is 2.83. The first-order valence-corrected chi connectivity index (χ1v) is 6.20.